The van der Waals surface area contributed by atoms with Crippen LogP contribution in [0.15, 0.2) is 18.5 Å². The molecule has 0 atom stereocenters. The minimum Gasteiger partial charge on any atom is -0.373 e. The predicted octanol–water partition coefficient (Wildman–Crippen LogP) is 1.58. The van der Waals surface area contributed by atoms with Gasteiger partial charge in [0.1, 0.15) is 0 Å². The van der Waals surface area contributed by atoms with Gasteiger partial charge >= 0.3 is 0 Å². The first-order valence-corrected chi connectivity index (χ1v) is 6.64. The summed E-state index contributed by atoms with van der Waals surface area (Å²) in [5, 5.41) is 3.37. The predicted molar refractivity (Wildman–Crippen MR) is 78.1 cm³/mol. The van der Waals surface area contributed by atoms with Crippen LogP contribution in [0, 0.1) is 0 Å². The summed E-state index contributed by atoms with van der Waals surface area (Å²) in [6.45, 7) is 6.20. The molecule has 0 unspecified atom stereocenters. The summed E-state index contributed by atoms with van der Waals surface area (Å²) >= 11 is 0. The molecule has 1 heterocycles. The monoisotopic (exact) mass is 250 g/mol. The van der Waals surface area contributed by atoms with E-state index in [1.54, 1.807) is 0 Å². The number of nitrogens with zero attached hydrogens (tertiary/aromatic N) is 3. The Hall–Kier alpha value is -1.13. The highest BCUT2D eigenvalue weighted by molar-refractivity contribution is 5.50. The first-order valence-electron chi connectivity index (χ1n) is 6.64. The molecule has 1 aromatic heterocycles. The van der Waals surface area contributed by atoms with Gasteiger partial charge < -0.3 is 15.1 Å². The minimum absolute atomic E-state index is 0.909. The Morgan fingerprint density at radius 1 is 1.22 bits per heavy atom. The number of hydrogen-bond acceptors (Lipinski definition) is 4. The van der Waals surface area contributed by atoms with Crippen LogP contribution < -0.4 is 10.2 Å². The summed E-state index contributed by atoms with van der Waals surface area (Å²) in [5.74, 6) is 0. The largest absolute Gasteiger partial charge is 0.373 e. The number of pyridine rings is 1. The van der Waals surface area contributed by atoms with Gasteiger partial charge in [0.2, 0.25) is 0 Å². The van der Waals surface area contributed by atoms with Gasteiger partial charge in [0, 0.05) is 26.3 Å². The van der Waals surface area contributed by atoms with E-state index in [0.717, 1.165) is 26.2 Å². The summed E-state index contributed by atoms with van der Waals surface area (Å²) in [4.78, 5) is 8.75. The molecule has 0 amide bonds. The first kappa shape index (κ1) is 14.9. The normalized spacial score (nSPS) is 10.9. The van der Waals surface area contributed by atoms with Crippen molar-refractivity contribution in [1.82, 2.24) is 15.2 Å². The third-order valence-electron chi connectivity index (χ3n) is 2.96. The fraction of sp³-hybridized carbons (Fsp3) is 0.643. The smallest absolute Gasteiger partial charge is 0.0595 e. The van der Waals surface area contributed by atoms with Gasteiger partial charge in [-0.15, -0.1) is 0 Å². The average Bonchev–Trinajstić information content (AvgIpc) is 2.36. The van der Waals surface area contributed by atoms with E-state index in [1.165, 1.54) is 17.7 Å². The van der Waals surface area contributed by atoms with Gasteiger partial charge in [0.25, 0.3) is 0 Å². The molecular formula is C14H26N4. The quantitative estimate of drug-likeness (QED) is 0.759. The Morgan fingerprint density at radius 2 is 2.00 bits per heavy atom. The number of rotatable bonds is 8. The zero-order chi connectivity index (χ0) is 13.4. The van der Waals surface area contributed by atoms with E-state index in [1.807, 2.05) is 12.4 Å². The molecule has 0 saturated carbocycles. The molecule has 0 fully saturated rings. The SMILES string of the molecule is CCNCc1ccncc1N(C)CCCN(C)C. The molecule has 4 nitrogen and oxygen atoms in total. The zero-order valence-electron chi connectivity index (χ0n) is 12.1. The van der Waals surface area contributed by atoms with Crippen LogP contribution in [0.1, 0.15) is 18.9 Å². The van der Waals surface area contributed by atoms with Gasteiger partial charge in [-0.1, -0.05) is 6.92 Å². The Morgan fingerprint density at radius 3 is 2.67 bits per heavy atom. The lowest BCUT2D eigenvalue weighted by molar-refractivity contribution is 0.401. The van der Waals surface area contributed by atoms with E-state index in [2.05, 4.69) is 54.2 Å². The molecule has 0 saturated heterocycles. The molecule has 1 N–H and O–H groups in total. The van der Waals surface area contributed by atoms with Gasteiger partial charge in [-0.3, -0.25) is 4.98 Å². The summed E-state index contributed by atoms with van der Waals surface area (Å²) in [5.41, 5.74) is 2.55. The molecule has 1 rings (SSSR count). The standard InChI is InChI=1S/C14H26N4/c1-5-15-11-13-7-8-16-12-14(13)18(4)10-6-9-17(2)3/h7-8,12,15H,5-6,9-11H2,1-4H3. The minimum atomic E-state index is 0.909. The maximum absolute atomic E-state index is 4.24. The first-order chi connectivity index (χ1) is 8.65. The Bertz CT molecular complexity index is 338. The lowest BCUT2D eigenvalue weighted by Crippen LogP contribution is -2.25. The summed E-state index contributed by atoms with van der Waals surface area (Å²) in [6, 6.07) is 2.10. The van der Waals surface area contributed by atoms with E-state index in [0.29, 0.717) is 0 Å². The van der Waals surface area contributed by atoms with Crippen LogP contribution in [0.3, 0.4) is 0 Å². The van der Waals surface area contributed by atoms with Crippen LogP contribution >= 0.6 is 0 Å². The summed E-state index contributed by atoms with van der Waals surface area (Å²) in [7, 11) is 6.36. The van der Waals surface area contributed by atoms with Crippen molar-refractivity contribution in [2.75, 3.05) is 45.7 Å². The molecule has 0 aliphatic rings. The van der Waals surface area contributed by atoms with Crippen molar-refractivity contribution in [2.24, 2.45) is 0 Å². The van der Waals surface area contributed by atoms with Gasteiger partial charge in [-0.2, -0.15) is 0 Å². The number of anilines is 1. The molecule has 1 aromatic rings. The van der Waals surface area contributed by atoms with Crippen LogP contribution in [0.5, 0.6) is 0 Å². The molecule has 18 heavy (non-hydrogen) atoms. The molecule has 0 radical (unpaired) electrons. The van der Waals surface area contributed by atoms with Gasteiger partial charge in [0.05, 0.1) is 11.9 Å². The summed E-state index contributed by atoms with van der Waals surface area (Å²) in [6.07, 6.45) is 4.99. The summed E-state index contributed by atoms with van der Waals surface area (Å²) < 4.78 is 0. The molecule has 0 aromatic carbocycles. The molecule has 0 aliphatic heterocycles. The van der Waals surface area contributed by atoms with Gasteiger partial charge in [0.15, 0.2) is 0 Å². The lowest BCUT2D eigenvalue weighted by Gasteiger charge is -2.23. The Balaban J connectivity index is 2.57. The fourth-order valence-corrected chi connectivity index (χ4v) is 1.91. The second-order valence-electron chi connectivity index (χ2n) is 4.86. The Kier molecular flexibility index (Phi) is 6.68. The van der Waals surface area contributed by atoms with Crippen molar-refractivity contribution in [3.05, 3.63) is 24.0 Å². The van der Waals surface area contributed by atoms with Crippen molar-refractivity contribution >= 4 is 5.69 Å². The third kappa shape index (κ3) is 5.02. The van der Waals surface area contributed by atoms with E-state index < -0.39 is 0 Å². The molecular weight excluding hydrogens is 224 g/mol. The molecule has 102 valence electrons. The highest BCUT2D eigenvalue weighted by Gasteiger charge is 2.07. The zero-order valence-corrected chi connectivity index (χ0v) is 12.1. The average molecular weight is 250 g/mol. The third-order valence-corrected chi connectivity index (χ3v) is 2.96. The van der Waals surface area contributed by atoms with Crippen LogP contribution in [0.25, 0.3) is 0 Å². The lowest BCUT2D eigenvalue weighted by atomic mass is 10.2. The topological polar surface area (TPSA) is 31.4 Å². The second-order valence-corrected chi connectivity index (χ2v) is 4.86. The molecule has 0 spiro atoms. The Labute approximate surface area is 111 Å². The van der Waals surface area contributed by atoms with E-state index in [-0.39, 0.29) is 0 Å². The van der Waals surface area contributed by atoms with E-state index in [9.17, 15) is 0 Å². The van der Waals surface area contributed by atoms with Crippen LogP contribution in [-0.2, 0) is 6.54 Å². The maximum atomic E-state index is 4.24. The molecule has 4 heteroatoms. The maximum Gasteiger partial charge on any atom is 0.0595 e. The van der Waals surface area contributed by atoms with E-state index in [4.69, 9.17) is 0 Å². The van der Waals surface area contributed by atoms with Crippen molar-refractivity contribution in [2.45, 2.75) is 19.9 Å². The van der Waals surface area contributed by atoms with Crippen LogP contribution in [0.4, 0.5) is 5.69 Å². The van der Waals surface area contributed by atoms with Crippen molar-refractivity contribution in [1.29, 1.82) is 0 Å². The van der Waals surface area contributed by atoms with Gasteiger partial charge in [-0.05, 0) is 45.2 Å². The highest BCUT2D eigenvalue weighted by Crippen LogP contribution is 2.17. The van der Waals surface area contributed by atoms with E-state index >= 15 is 0 Å². The van der Waals surface area contributed by atoms with Crippen molar-refractivity contribution in [3.63, 3.8) is 0 Å². The van der Waals surface area contributed by atoms with Crippen molar-refractivity contribution < 1.29 is 0 Å². The van der Waals surface area contributed by atoms with Crippen LogP contribution in [0.2, 0.25) is 0 Å². The fourth-order valence-electron chi connectivity index (χ4n) is 1.91. The molecule has 0 bridgehead atoms. The van der Waals surface area contributed by atoms with Gasteiger partial charge in [-0.25, -0.2) is 0 Å². The number of nitrogens with one attached hydrogen (secondary N) is 1. The second kappa shape index (κ2) is 8.06. The highest BCUT2D eigenvalue weighted by atomic mass is 15.1. The van der Waals surface area contributed by atoms with Crippen molar-refractivity contribution in [3.8, 4) is 0 Å². The van der Waals surface area contributed by atoms with Crippen LogP contribution in [-0.4, -0.2) is 50.7 Å². The molecule has 0 aliphatic carbocycles. The number of hydrogen-bond donors (Lipinski definition) is 1. The number of aromatic nitrogens is 1.